The largest absolute Gasteiger partial charge is 0.292 e. The molecule has 2 heteroatoms. The Morgan fingerprint density at radius 2 is 1.45 bits per heavy atom. The van der Waals surface area contributed by atoms with E-state index >= 15 is 0 Å². The van der Waals surface area contributed by atoms with Gasteiger partial charge in [0.2, 0.25) is 0 Å². The van der Waals surface area contributed by atoms with Crippen molar-refractivity contribution in [2.45, 2.75) is 26.2 Å². The number of pyridine rings is 1. The standard InChI is InChI=1S/C27H22N2/c1-27(2,3)18-13-15-22-24(16-18)29-23-11-7-6-10-20(23)21-14-12-17-8-4-5-9-19(17)25(21)26(29)28-22/h4-16H,1-3H3. The highest BCUT2D eigenvalue weighted by Gasteiger charge is 2.18. The maximum absolute atomic E-state index is 5.13. The number of nitrogens with zero attached hydrogens (tertiary/aromatic N) is 2. The van der Waals surface area contributed by atoms with Crippen molar-refractivity contribution in [3.05, 3.63) is 84.4 Å². The minimum absolute atomic E-state index is 0.0949. The lowest BCUT2D eigenvalue weighted by Gasteiger charge is -2.19. The highest BCUT2D eigenvalue weighted by atomic mass is 15.0. The molecule has 0 aliphatic carbocycles. The summed E-state index contributed by atoms with van der Waals surface area (Å²) in [5.74, 6) is 0. The van der Waals surface area contributed by atoms with Crippen LogP contribution in [-0.4, -0.2) is 9.38 Å². The summed E-state index contributed by atoms with van der Waals surface area (Å²) in [6.07, 6.45) is 0. The van der Waals surface area contributed by atoms with Crippen molar-refractivity contribution in [2.75, 3.05) is 0 Å². The molecule has 0 atom stereocenters. The maximum Gasteiger partial charge on any atom is 0.147 e. The fourth-order valence-corrected chi connectivity index (χ4v) is 4.59. The molecule has 0 amide bonds. The van der Waals surface area contributed by atoms with Crippen molar-refractivity contribution < 1.29 is 0 Å². The molecular weight excluding hydrogens is 352 g/mol. The van der Waals surface area contributed by atoms with Gasteiger partial charge in [-0.2, -0.15) is 0 Å². The van der Waals surface area contributed by atoms with Crippen LogP contribution in [0.25, 0.3) is 49.1 Å². The fourth-order valence-electron chi connectivity index (χ4n) is 4.59. The molecule has 0 radical (unpaired) electrons. The van der Waals surface area contributed by atoms with Gasteiger partial charge < -0.3 is 0 Å². The van der Waals surface area contributed by atoms with Gasteiger partial charge in [0.05, 0.1) is 16.6 Å². The Morgan fingerprint density at radius 1 is 0.690 bits per heavy atom. The van der Waals surface area contributed by atoms with Gasteiger partial charge >= 0.3 is 0 Å². The Bertz CT molecular complexity index is 1580. The number of rotatable bonds is 0. The normalized spacial score (nSPS) is 12.7. The van der Waals surface area contributed by atoms with Crippen LogP contribution in [0.3, 0.4) is 0 Å². The summed E-state index contributed by atoms with van der Waals surface area (Å²) in [4.78, 5) is 5.13. The lowest BCUT2D eigenvalue weighted by atomic mass is 9.87. The molecule has 2 aromatic heterocycles. The highest BCUT2D eigenvalue weighted by Crippen LogP contribution is 2.37. The number of benzene rings is 4. The van der Waals surface area contributed by atoms with Crippen molar-refractivity contribution in [2.24, 2.45) is 0 Å². The first-order chi connectivity index (χ1) is 14.0. The Kier molecular flexibility index (Phi) is 3.18. The Morgan fingerprint density at radius 3 is 2.28 bits per heavy atom. The van der Waals surface area contributed by atoms with Crippen molar-refractivity contribution in [1.29, 1.82) is 0 Å². The van der Waals surface area contributed by atoms with E-state index in [1.807, 2.05) is 0 Å². The molecule has 140 valence electrons. The molecule has 4 aromatic carbocycles. The zero-order chi connectivity index (χ0) is 19.8. The second kappa shape index (κ2) is 5.57. The third kappa shape index (κ3) is 2.26. The highest BCUT2D eigenvalue weighted by molar-refractivity contribution is 6.23. The van der Waals surface area contributed by atoms with E-state index in [2.05, 4.69) is 104 Å². The molecule has 0 N–H and O–H groups in total. The van der Waals surface area contributed by atoms with Gasteiger partial charge in [0.1, 0.15) is 5.65 Å². The predicted octanol–water partition coefficient (Wildman–Crippen LogP) is 7.24. The van der Waals surface area contributed by atoms with Crippen LogP contribution in [0.1, 0.15) is 26.3 Å². The maximum atomic E-state index is 5.13. The van der Waals surface area contributed by atoms with E-state index in [0.717, 1.165) is 11.2 Å². The Labute approximate surface area is 169 Å². The summed E-state index contributed by atoms with van der Waals surface area (Å²) in [5.41, 5.74) is 5.89. The van der Waals surface area contributed by atoms with Gasteiger partial charge in [-0.1, -0.05) is 81.4 Å². The van der Waals surface area contributed by atoms with E-state index in [-0.39, 0.29) is 5.41 Å². The van der Waals surface area contributed by atoms with Crippen LogP contribution in [0.2, 0.25) is 0 Å². The van der Waals surface area contributed by atoms with Crippen LogP contribution in [-0.2, 0) is 5.41 Å². The fraction of sp³-hybridized carbons (Fsp3) is 0.148. The van der Waals surface area contributed by atoms with Crippen LogP contribution in [0.4, 0.5) is 0 Å². The summed E-state index contributed by atoms with van der Waals surface area (Å²) in [6, 6.07) is 28.5. The molecule has 0 aliphatic heterocycles. The first-order valence-electron chi connectivity index (χ1n) is 10.2. The van der Waals surface area contributed by atoms with Crippen LogP contribution < -0.4 is 0 Å². The quantitative estimate of drug-likeness (QED) is 0.256. The van der Waals surface area contributed by atoms with Gasteiger partial charge in [-0.25, -0.2) is 4.98 Å². The van der Waals surface area contributed by atoms with Crippen LogP contribution in [0, 0.1) is 0 Å². The van der Waals surface area contributed by atoms with E-state index in [0.29, 0.717) is 0 Å². The second-order valence-electron chi connectivity index (χ2n) is 8.95. The smallest absolute Gasteiger partial charge is 0.147 e. The van der Waals surface area contributed by atoms with Crippen molar-refractivity contribution in [1.82, 2.24) is 9.38 Å². The Balaban J connectivity index is 1.95. The van der Waals surface area contributed by atoms with Crippen molar-refractivity contribution in [3.63, 3.8) is 0 Å². The number of hydrogen-bond donors (Lipinski definition) is 0. The van der Waals surface area contributed by atoms with Gasteiger partial charge in [-0.15, -0.1) is 0 Å². The van der Waals surface area contributed by atoms with Gasteiger partial charge in [0, 0.05) is 10.8 Å². The van der Waals surface area contributed by atoms with Crippen LogP contribution in [0.15, 0.2) is 78.9 Å². The summed E-state index contributed by atoms with van der Waals surface area (Å²) >= 11 is 0. The molecule has 0 bridgehead atoms. The number of fused-ring (bicyclic) bond motifs is 10. The van der Waals surface area contributed by atoms with Gasteiger partial charge in [-0.05, 0) is 45.3 Å². The topological polar surface area (TPSA) is 17.3 Å². The third-order valence-electron chi connectivity index (χ3n) is 6.11. The molecule has 2 nitrogen and oxygen atoms in total. The molecule has 6 aromatic rings. The van der Waals surface area contributed by atoms with Crippen molar-refractivity contribution >= 4 is 49.1 Å². The number of aromatic nitrogens is 2. The molecule has 0 saturated heterocycles. The molecule has 0 unspecified atom stereocenters. The molecule has 0 saturated carbocycles. The lowest BCUT2D eigenvalue weighted by molar-refractivity contribution is 0.591. The van der Waals surface area contributed by atoms with Gasteiger partial charge in [-0.3, -0.25) is 4.40 Å². The zero-order valence-corrected chi connectivity index (χ0v) is 16.9. The monoisotopic (exact) mass is 374 g/mol. The van der Waals surface area contributed by atoms with E-state index < -0.39 is 0 Å². The predicted molar refractivity (Wildman–Crippen MR) is 124 cm³/mol. The molecule has 6 rings (SSSR count). The van der Waals surface area contributed by atoms with Gasteiger partial charge in [0.15, 0.2) is 0 Å². The third-order valence-corrected chi connectivity index (χ3v) is 6.11. The molecule has 0 aliphatic rings. The first-order valence-corrected chi connectivity index (χ1v) is 10.2. The zero-order valence-electron chi connectivity index (χ0n) is 16.9. The average molecular weight is 374 g/mol. The number of imidazole rings is 1. The minimum atomic E-state index is 0.0949. The summed E-state index contributed by atoms with van der Waals surface area (Å²) < 4.78 is 2.36. The van der Waals surface area contributed by atoms with Gasteiger partial charge in [0.25, 0.3) is 0 Å². The summed E-state index contributed by atoms with van der Waals surface area (Å²) in [6.45, 7) is 6.79. The molecular formula is C27H22N2. The average Bonchev–Trinajstić information content (AvgIpc) is 3.11. The van der Waals surface area contributed by atoms with E-state index in [1.165, 1.54) is 43.5 Å². The summed E-state index contributed by atoms with van der Waals surface area (Å²) in [5, 5.41) is 6.27. The SMILES string of the molecule is CC(C)(C)c1ccc2nc3c4c5ccccc5ccc4c4ccccc4n3c2c1. The molecule has 0 fully saturated rings. The molecule has 2 heterocycles. The van der Waals surface area contributed by atoms with E-state index in [9.17, 15) is 0 Å². The van der Waals surface area contributed by atoms with E-state index in [1.54, 1.807) is 0 Å². The van der Waals surface area contributed by atoms with E-state index in [4.69, 9.17) is 4.98 Å². The number of hydrogen-bond acceptors (Lipinski definition) is 1. The molecule has 0 spiro atoms. The minimum Gasteiger partial charge on any atom is -0.292 e. The number of para-hydroxylation sites is 1. The van der Waals surface area contributed by atoms with Crippen LogP contribution in [0.5, 0.6) is 0 Å². The van der Waals surface area contributed by atoms with Crippen molar-refractivity contribution in [3.8, 4) is 0 Å². The lowest BCUT2D eigenvalue weighted by Crippen LogP contribution is -2.10. The Hall–Kier alpha value is -3.39. The molecule has 29 heavy (non-hydrogen) atoms. The van der Waals surface area contributed by atoms with Crippen LogP contribution >= 0.6 is 0 Å². The second-order valence-corrected chi connectivity index (χ2v) is 8.95. The first kappa shape index (κ1) is 16.6. The summed E-state index contributed by atoms with van der Waals surface area (Å²) in [7, 11) is 0.